The molecule has 0 amide bonds. The van der Waals surface area contributed by atoms with Gasteiger partial charge in [-0.3, -0.25) is 9.59 Å². The Labute approximate surface area is 67.4 Å². The second-order valence-electron chi connectivity index (χ2n) is 2.10. The highest BCUT2D eigenvalue weighted by molar-refractivity contribution is 6.61. The van der Waals surface area contributed by atoms with Gasteiger partial charge in [0.2, 0.25) is 5.78 Å². The highest BCUT2D eigenvalue weighted by Gasteiger charge is 2.23. The van der Waals surface area contributed by atoms with Gasteiger partial charge in [-0.15, -0.1) is 0 Å². The molecule has 68 valence electrons. The van der Waals surface area contributed by atoms with Crippen molar-refractivity contribution >= 4 is 17.5 Å². The molecule has 0 aliphatic rings. The summed E-state index contributed by atoms with van der Waals surface area (Å²) in [5.41, 5.74) is 0. The normalized spacial score (nSPS) is 12.2. The molecule has 0 aromatic carbocycles. The van der Waals surface area contributed by atoms with Crippen molar-refractivity contribution in [3.8, 4) is 0 Å². The van der Waals surface area contributed by atoms with Crippen molar-refractivity contribution in [2.24, 2.45) is 0 Å². The van der Waals surface area contributed by atoms with Gasteiger partial charge in [0.05, 0.1) is 12.7 Å². The average Bonchev–Trinajstić information content (AvgIpc) is 2.02. The largest absolute Gasteiger partial charge is 0.475 e. The van der Waals surface area contributed by atoms with Gasteiger partial charge in [-0.25, -0.2) is 4.79 Å². The first-order chi connectivity index (χ1) is 5.49. The van der Waals surface area contributed by atoms with E-state index in [9.17, 15) is 14.4 Å². The first-order valence-corrected chi connectivity index (χ1v) is 3.08. The molecule has 0 aromatic rings. The van der Waals surface area contributed by atoms with Crippen molar-refractivity contribution in [1.82, 2.24) is 0 Å². The van der Waals surface area contributed by atoms with Gasteiger partial charge in [-0.05, 0) is 0 Å². The molecule has 0 fully saturated rings. The average molecular weight is 176 g/mol. The zero-order chi connectivity index (χ0) is 9.72. The van der Waals surface area contributed by atoms with E-state index in [1.54, 1.807) is 0 Å². The molecule has 0 saturated heterocycles. The molecule has 0 spiro atoms. The predicted octanol–water partition coefficient (Wildman–Crippen LogP) is -2.05. The van der Waals surface area contributed by atoms with E-state index in [0.29, 0.717) is 0 Å². The van der Waals surface area contributed by atoms with E-state index in [-0.39, 0.29) is 0 Å². The molecule has 0 bridgehead atoms. The lowest BCUT2D eigenvalue weighted by Gasteiger charge is -2.02. The van der Waals surface area contributed by atoms with E-state index >= 15 is 0 Å². The van der Waals surface area contributed by atoms with Crippen LogP contribution >= 0.6 is 0 Å². The van der Waals surface area contributed by atoms with E-state index in [2.05, 4.69) is 0 Å². The molecule has 12 heavy (non-hydrogen) atoms. The number of ketones is 2. The number of aliphatic hydroxyl groups excluding tert-OH is 2. The van der Waals surface area contributed by atoms with E-state index < -0.39 is 36.7 Å². The van der Waals surface area contributed by atoms with Gasteiger partial charge in [0, 0.05) is 6.42 Å². The Morgan fingerprint density at radius 3 is 2.08 bits per heavy atom. The van der Waals surface area contributed by atoms with E-state index in [4.69, 9.17) is 15.3 Å². The third kappa shape index (κ3) is 3.22. The van der Waals surface area contributed by atoms with Crippen LogP contribution in [0, 0.1) is 0 Å². The SMILES string of the molecule is O=C(O)C(=O)C(=O)C[C@@H](O)CO. The molecular formula is C6H8O6. The van der Waals surface area contributed by atoms with E-state index in [1.165, 1.54) is 0 Å². The minimum absolute atomic E-state index is 0.665. The molecule has 0 radical (unpaired) electrons. The zero-order valence-electron chi connectivity index (χ0n) is 6.06. The number of carboxylic acid groups (broad SMARTS) is 1. The quantitative estimate of drug-likeness (QED) is 0.328. The maximum absolute atomic E-state index is 10.6. The van der Waals surface area contributed by atoms with Gasteiger partial charge < -0.3 is 15.3 Å². The maximum Gasteiger partial charge on any atom is 0.380 e. The van der Waals surface area contributed by atoms with E-state index in [1.807, 2.05) is 0 Å². The lowest BCUT2D eigenvalue weighted by Crippen LogP contribution is -2.28. The first kappa shape index (κ1) is 10.7. The number of Topliss-reactive ketones (excluding diaryl/α,β-unsaturated/α-hetero) is 2. The molecule has 6 heteroatoms. The molecule has 0 unspecified atom stereocenters. The second kappa shape index (κ2) is 4.58. The fraction of sp³-hybridized carbons (Fsp3) is 0.500. The number of aliphatic carboxylic acids is 1. The number of rotatable bonds is 5. The van der Waals surface area contributed by atoms with E-state index in [0.717, 1.165) is 0 Å². The summed E-state index contributed by atoms with van der Waals surface area (Å²) in [4.78, 5) is 30.8. The Kier molecular flexibility index (Phi) is 4.09. The van der Waals surface area contributed by atoms with Gasteiger partial charge in [0.25, 0.3) is 0 Å². The summed E-state index contributed by atoms with van der Waals surface area (Å²) in [6, 6.07) is 0. The highest BCUT2D eigenvalue weighted by atomic mass is 16.4. The topological polar surface area (TPSA) is 112 Å². The lowest BCUT2D eigenvalue weighted by atomic mass is 10.1. The lowest BCUT2D eigenvalue weighted by molar-refractivity contribution is -0.153. The van der Waals surface area contributed by atoms with Gasteiger partial charge >= 0.3 is 11.8 Å². The molecule has 6 nitrogen and oxygen atoms in total. The smallest absolute Gasteiger partial charge is 0.380 e. The first-order valence-electron chi connectivity index (χ1n) is 3.08. The van der Waals surface area contributed by atoms with Crippen LogP contribution in [0.1, 0.15) is 6.42 Å². The molecule has 0 aromatic heterocycles. The number of carbonyl (C=O) groups is 3. The van der Waals surface area contributed by atoms with Crippen molar-refractivity contribution in [3.63, 3.8) is 0 Å². The second-order valence-corrected chi connectivity index (χ2v) is 2.10. The van der Waals surface area contributed by atoms with Crippen molar-refractivity contribution in [2.75, 3.05) is 6.61 Å². The molecule has 1 atom stereocenters. The summed E-state index contributed by atoms with van der Waals surface area (Å²) in [6.07, 6.45) is -2.04. The minimum atomic E-state index is -1.86. The third-order valence-electron chi connectivity index (χ3n) is 1.08. The standard InChI is InChI=1S/C6H8O6/c7-2-3(8)1-4(9)5(10)6(11)12/h3,7-8H,1-2H2,(H,11,12)/t3-/m1/s1. The van der Waals surface area contributed by atoms with Crippen molar-refractivity contribution in [3.05, 3.63) is 0 Å². The summed E-state index contributed by atoms with van der Waals surface area (Å²) in [6.45, 7) is -0.682. The number of hydrogen-bond acceptors (Lipinski definition) is 5. The Bertz CT molecular complexity index is 208. The number of hydrogen-bond donors (Lipinski definition) is 3. The van der Waals surface area contributed by atoms with Gasteiger partial charge in [-0.1, -0.05) is 0 Å². The van der Waals surface area contributed by atoms with Crippen LogP contribution in [0.4, 0.5) is 0 Å². The predicted molar refractivity (Wildman–Crippen MR) is 35.4 cm³/mol. The summed E-state index contributed by atoms with van der Waals surface area (Å²) in [5, 5.41) is 24.9. The Balaban J connectivity index is 4.05. The van der Waals surface area contributed by atoms with Crippen LogP contribution in [-0.2, 0) is 14.4 Å². The van der Waals surface area contributed by atoms with Crippen LogP contribution < -0.4 is 0 Å². The molecule has 0 heterocycles. The van der Waals surface area contributed by atoms with Crippen LogP contribution in [0.15, 0.2) is 0 Å². The highest BCUT2D eigenvalue weighted by Crippen LogP contribution is 1.93. The Morgan fingerprint density at radius 1 is 1.25 bits per heavy atom. The van der Waals surface area contributed by atoms with Crippen molar-refractivity contribution in [1.29, 1.82) is 0 Å². The van der Waals surface area contributed by atoms with Gasteiger partial charge in [-0.2, -0.15) is 0 Å². The van der Waals surface area contributed by atoms with Crippen molar-refractivity contribution < 1.29 is 29.7 Å². The molecular weight excluding hydrogens is 168 g/mol. The minimum Gasteiger partial charge on any atom is -0.475 e. The molecule has 0 rings (SSSR count). The van der Waals surface area contributed by atoms with Crippen LogP contribution in [0.25, 0.3) is 0 Å². The molecule has 3 N–H and O–H groups in total. The molecule has 0 aliphatic heterocycles. The Morgan fingerprint density at radius 2 is 1.75 bits per heavy atom. The number of aliphatic hydroxyl groups is 2. The summed E-state index contributed by atoms with van der Waals surface area (Å²) in [5.74, 6) is -4.66. The number of carboxylic acids is 1. The summed E-state index contributed by atoms with van der Waals surface area (Å²) in [7, 11) is 0. The fourth-order valence-corrected chi connectivity index (χ4v) is 0.491. The molecule has 0 aliphatic carbocycles. The van der Waals surface area contributed by atoms with Crippen LogP contribution in [0.2, 0.25) is 0 Å². The maximum atomic E-state index is 10.6. The molecule has 0 saturated carbocycles. The summed E-state index contributed by atoms with van der Waals surface area (Å²) >= 11 is 0. The summed E-state index contributed by atoms with van der Waals surface area (Å²) < 4.78 is 0. The van der Waals surface area contributed by atoms with Crippen molar-refractivity contribution in [2.45, 2.75) is 12.5 Å². The van der Waals surface area contributed by atoms with Crippen LogP contribution in [-0.4, -0.2) is 45.6 Å². The monoisotopic (exact) mass is 176 g/mol. The van der Waals surface area contributed by atoms with Crippen LogP contribution in [0.5, 0.6) is 0 Å². The third-order valence-corrected chi connectivity index (χ3v) is 1.08. The zero-order valence-corrected chi connectivity index (χ0v) is 6.06. The number of carbonyl (C=O) groups excluding carboxylic acids is 2. The van der Waals surface area contributed by atoms with Crippen LogP contribution in [0.3, 0.4) is 0 Å². The fourth-order valence-electron chi connectivity index (χ4n) is 0.491. The van der Waals surface area contributed by atoms with Gasteiger partial charge in [0.1, 0.15) is 0 Å². The van der Waals surface area contributed by atoms with Gasteiger partial charge in [0.15, 0.2) is 0 Å². The Hall–Kier alpha value is -1.27.